The highest BCUT2D eigenvalue weighted by Gasteiger charge is 2.09. The van der Waals surface area contributed by atoms with Crippen LogP contribution >= 0.6 is 11.6 Å². The highest BCUT2D eigenvalue weighted by Crippen LogP contribution is 2.17. The molecule has 20 heavy (non-hydrogen) atoms. The first-order valence-corrected chi connectivity index (χ1v) is 6.32. The van der Waals surface area contributed by atoms with E-state index >= 15 is 0 Å². The van der Waals surface area contributed by atoms with Crippen molar-refractivity contribution in [3.63, 3.8) is 0 Å². The second kappa shape index (κ2) is 5.92. The molecular weight excluding hydrogens is 281 g/mol. The molecule has 0 heterocycles. The summed E-state index contributed by atoms with van der Waals surface area (Å²) in [5.74, 6) is -1.05. The maximum absolute atomic E-state index is 13.2. The first-order chi connectivity index (χ1) is 9.45. The smallest absolute Gasteiger partial charge is 0.338 e. The summed E-state index contributed by atoms with van der Waals surface area (Å²) in [6.45, 7) is 1.81. The van der Waals surface area contributed by atoms with Gasteiger partial charge in [0.25, 0.3) is 0 Å². The van der Waals surface area contributed by atoms with Gasteiger partial charge in [-0.2, -0.15) is 0 Å². The lowest BCUT2D eigenvalue weighted by molar-refractivity contribution is 0.0472. The molecule has 0 radical (unpaired) electrons. The van der Waals surface area contributed by atoms with E-state index in [1.54, 1.807) is 18.2 Å². The lowest BCUT2D eigenvalue weighted by atomic mass is 10.1. The number of aryl methyl sites for hydroxylation is 1. The fraction of sp³-hybridized carbons (Fsp3) is 0.133. The number of benzene rings is 2. The molecule has 2 aromatic carbocycles. The van der Waals surface area contributed by atoms with Gasteiger partial charge in [0.15, 0.2) is 0 Å². The van der Waals surface area contributed by atoms with Crippen LogP contribution in [0.1, 0.15) is 21.5 Å². The quantitative estimate of drug-likeness (QED) is 0.693. The van der Waals surface area contributed by atoms with E-state index in [1.165, 1.54) is 18.2 Å². The molecule has 0 aliphatic rings. The predicted octanol–water partition coefficient (Wildman–Crippen LogP) is 3.73. The second-order valence-corrected chi connectivity index (χ2v) is 4.86. The third-order valence-electron chi connectivity index (χ3n) is 2.69. The Morgan fingerprint density at radius 3 is 2.70 bits per heavy atom. The highest BCUT2D eigenvalue weighted by atomic mass is 35.5. The van der Waals surface area contributed by atoms with Gasteiger partial charge in [-0.15, -0.1) is 0 Å². The molecule has 2 aromatic rings. The Morgan fingerprint density at radius 2 is 2.05 bits per heavy atom. The summed E-state index contributed by atoms with van der Waals surface area (Å²) in [5.41, 5.74) is 7.93. The highest BCUT2D eigenvalue weighted by molar-refractivity contribution is 6.30. The minimum Gasteiger partial charge on any atom is -0.457 e. The molecule has 2 N–H and O–H groups in total. The minimum absolute atomic E-state index is 0.0270. The van der Waals surface area contributed by atoms with Crippen LogP contribution in [0.5, 0.6) is 0 Å². The van der Waals surface area contributed by atoms with E-state index in [0.717, 1.165) is 5.56 Å². The van der Waals surface area contributed by atoms with Gasteiger partial charge in [0.05, 0.1) is 10.6 Å². The van der Waals surface area contributed by atoms with Gasteiger partial charge < -0.3 is 10.5 Å². The molecule has 0 unspecified atom stereocenters. The van der Waals surface area contributed by atoms with Crippen molar-refractivity contribution in [1.82, 2.24) is 0 Å². The van der Waals surface area contributed by atoms with Crippen LogP contribution < -0.4 is 5.73 Å². The van der Waals surface area contributed by atoms with Crippen molar-refractivity contribution < 1.29 is 13.9 Å². The predicted molar refractivity (Wildman–Crippen MR) is 76.1 cm³/mol. The van der Waals surface area contributed by atoms with Crippen molar-refractivity contribution in [3.05, 3.63) is 63.9 Å². The fourth-order valence-corrected chi connectivity index (χ4v) is 1.91. The lowest BCUT2D eigenvalue weighted by Crippen LogP contribution is -2.06. The Kier molecular flexibility index (Phi) is 4.25. The lowest BCUT2D eigenvalue weighted by Gasteiger charge is -2.07. The third-order valence-corrected chi connectivity index (χ3v) is 3.00. The molecule has 0 aromatic heterocycles. The van der Waals surface area contributed by atoms with Gasteiger partial charge in [0.2, 0.25) is 0 Å². The molecule has 0 fully saturated rings. The first-order valence-electron chi connectivity index (χ1n) is 5.94. The normalized spacial score (nSPS) is 10.3. The van der Waals surface area contributed by atoms with Crippen molar-refractivity contribution in [1.29, 1.82) is 0 Å². The van der Waals surface area contributed by atoms with E-state index in [1.807, 2.05) is 6.92 Å². The Morgan fingerprint density at radius 1 is 1.30 bits per heavy atom. The van der Waals surface area contributed by atoms with E-state index in [-0.39, 0.29) is 11.6 Å². The number of nitrogens with two attached hydrogens (primary N) is 1. The fourth-order valence-electron chi connectivity index (χ4n) is 1.79. The van der Waals surface area contributed by atoms with Crippen LogP contribution in [0.3, 0.4) is 0 Å². The third kappa shape index (κ3) is 3.48. The monoisotopic (exact) mass is 293 g/mol. The van der Waals surface area contributed by atoms with Gasteiger partial charge in [-0.3, -0.25) is 0 Å². The van der Waals surface area contributed by atoms with Crippen molar-refractivity contribution in [3.8, 4) is 0 Å². The summed E-state index contributed by atoms with van der Waals surface area (Å²) in [7, 11) is 0. The van der Waals surface area contributed by atoms with Crippen molar-refractivity contribution in [2.75, 3.05) is 5.73 Å². The molecule has 0 saturated carbocycles. The molecule has 0 aliphatic carbocycles. The topological polar surface area (TPSA) is 52.3 Å². The van der Waals surface area contributed by atoms with E-state index in [4.69, 9.17) is 22.1 Å². The summed E-state index contributed by atoms with van der Waals surface area (Å²) in [6.07, 6.45) is 0. The van der Waals surface area contributed by atoms with E-state index in [2.05, 4.69) is 0 Å². The van der Waals surface area contributed by atoms with E-state index in [9.17, 15) is 9.18 Å². The largest absolute Gasteiger partial charge is 0.457 e. The van der Waals surface area contributed by atoms with Gasteiger partial charge in [0.1, 0.15) is 12.4 Å². The summed E-state index contributed by atoms with van der Waals surface area (Å²) in [6, 6.07) is 9.23. The SMILES string of the molecule is Cc1cc(N)cc(C(=O)OCc2ccc(Cl)c(F)c2)c1. The number of carbonyl (C=O) groups excluding carboxylic acids is 1. The van der Waals surface area contributed by atoms with Crippen molar-refractivity contribution in [2.45, 2.75) is 13.5 Å². The van der Waals surface area contributed by atoms with E-state index < -0.39 is 11.8 Å². The number of halogens is 2. The average molecular weight is 294 g/mol. The summed E-state index contributed by atoms with van der Waals surface area (Å²) >= 11 is 5.58. The van der Waals surface area contributed by atoms with Gasteiger partial charge in [-0.1, -0.05) is 17.7 Å². The molecule has 2 rings (SSSR count). The van der Waals surface area contributed by atoms with Gasteiger partial charge in [-0.25, -0.2) is 9.18 Å². The second-order valence-electron chi connectivity index (χ2n) is 4.46. The minimum atomic E-state index is -0.542. The summed E-state index contributed by atoms with van der Waals surface area (Å²) in [5, 5.41) is 0.0338. The van der Waals surface area contributed by atoms with Crippen molar-refractivity contribution >= 4 is 23.3 Å². The van der Waals surface area contributed by atoms with Crippen LogP contribution in [-0.4, -0.2) is 5.97 Å². The maximum Gasteiger partial charge on any atom is 0.338 e. The van der Waals surface area contributed by atoms with E-state index in [0.29, 0.717) is 16.8 Å². The molecular formula is C15H13ClFNO2. The number of esters is 1. The Hall–Kier alpha value is -2.07. The first kappa shape index (κ1) is 14.3. The maximum atomic E-state index is 13.2. The molecule has 0 saturated heterocycles. The number of carbonyl (C=O) groups is 1. The molecule has 0 atom stereocenters. The number of hydrogen-bond donors (Lipinski definition) is 1. The van der Waals surface area contributed by atoms with Gasteiger partial charge in [0, 0.05) is 5.69 Å². The molecule has 0 amide bonds. The number of ether oxygens (including phenoxy) is 1. The summed E-state index contributed by atoms with van der Waals surface area (Å²) < 4.78 is 18.4. The average Bonchev–Trinajstić information content (AvgIpc) is 2.38. The molecule has 0 aliphatic heterocycles. The Labute approximate surface area is 121 Å². The van der Waals surface area contributed by atoms with Crippen LogP contribution in [0.15, 0.2) is 36.4 Å². The summed E-state index contributed by atoms with van der Waals surface area (Å²) in [4.78, 5) is 11.9. The van der Waals surface area contributed by atoms with Crippen LogP contribution in [-0.2, 0) is 11.3 Å². The number of nitrogen functional groups attached to an aromatic ring is 1. The molecule has 5 heteroatoms. The zero-order chi connectivity index (χ0) is 14.7. The standard InChI is InChI=1S/C15H13ClFNO2/c1-9-4-11(7-12(18)5-9)15(19)20-8-10-2-3-13(16)14(17)6-10/h2-7H,8,18H2,1H3. The molecule has 0 spiro atoms. The van der Waals surface area contributed by atoms with Crippen LogP contribution in [0, 0.1) is 12.7 Å². The van der Waals surface area contributed by atoms with Crippen LogP contribution in [0.2, 0.25) is 5.02 Å². The number of anilines is 1. The molecule has 0 bridgehead atoms. The number of hydrogen-bond acceptors (Lipinski definition) is 3. The Balaban J connectivity index is 2.06. The zero-order valence-corrected chi connectivity index (χ0v) is 11.6. The van der Waals surface area contributed by atoms with Crippen molar-refractivity contribution in [2.24, 2.45) is 0 Å². The molecule has 104 valence electrons. The Bertz CT molecular complexity index is 638. The van der Waals surface area contributed by atoms with Gasteiger partial charge >= 0.3 is 5.97 Å². The molecule has 3 nitrogen and oxygen atoms in total. The van der Waals surface area contributed by atoms with Gasteiger partial charge in [-0.05, 0) is 48.4 Å². The number of rotatable bonds is 3. The zero-order valence-electron chi connectivity index (χ0n) is 10.8. The van der Waals surface area contributed by atoms with Crippen LogP contribution in [0.25, 0.3) is 0 Å². The van der Waals surface area contributed by atoms with Crippen LogP contribution in [0.4, 0.5) is 10.1 Å².